The predicted molar refractivity (Wildman–Crippen MR) is 56.4 cm³/mol. The van der Waals surface area contributed by atoms with Gasteiger partial charge in [0.15, 0.2) is 0 Å². The second-order valence-electron chi connectivity index (χ2n) is 3.77. The Bertz CT molecular complexity index is 316. The van der Waals surface area contributed by atoms with Crippen LogP contribution in [0.3, 0.4) is 0 Å². The molecule has 1 N–H and O–H groups in total. The van der Waals surface area contributed by atoms with Gasteiger partial charge >= 0.3 is 0 Å². The molecule has 1 aliphatic carbocycles. The van der Waals surface area contributed by atoms with E-state index in [-0.39, 0.29) is 11.7 Å². The molecule has 0 spiro atoms. The smallest absolute Gasteiger partial charge is 0.130 e. The van der Waals surface area contributed by atoms with E-state index in [2.05, 4.69) is 15.9 Å². The number of hydrogen-bond donors (Lipinski definition) is 1. The quantitative estimate of drug-likeness (QED) is 0.862. The molecule has 0 saturated heterocycles. The van der Waals surface area contributed by atoms with E-state index in [1.807, 2.05) is 0 Å². The lowest BCUT2D eigenvalue weighted by molar-refractivity contribution is 0.0586. The molecule has 0 heterocycles. The van der Waals surface area contributed by atoms with Gasteiger partial charge in [-0.05, 0) is 30.9 Å². The maximum absolute atomic E-state index is 13.4. The van der Waals surface area contributed by atoms with Crippen molar-refractivity contribution in [2.45, 2.75) is 25.4 Å². The van der Waals surface area contributed by atoms with Crippen LogP contribution in [0.2, 0.25) is 0 Å². The summed E-state index contributed by atoms with van der Waals surface area (Å²) >= 11 is 3.27. The van der Waals surface area contributed by atoms with Gasteiger partial charge in [0.2, 0.25) is 0 Å². The molecule has 1 unspecified atom stereocenters. The third-order valence-electron chi connectivity index (χ3n) is 2.89. The molecule has 1 nitrogen and oxygen atoms in total. The number of benzene rings is 1. The molecule has 0 aliphatic heterocycles. The van der Waals surface area contributed by atoms with Gasteiger partial charge in [-0.15, -0.1) is 0 Å². The third-order valence-corrected chi connectivity index (χ3v) is 3.58. The van der Waals surface area contributed by atoms with Crippen molar-refractivity contribution in [3.63, 3.8) is 0 Å². The Kier molecular flexibility index (Phi) is 2.88. The maximum Gasteiger partial charge on any atom is 0.130 e. The van der Waals surface area contributed by atoms with E-state index in [0.29, 0.717) is 10.0 Å². The van der Waals surface area contributed by atoms with E-state index >= 15 is 0 Å². The zero-order valence-corrected chi connectivity index (χ0v) is 9.30. The normalized spacial score (nSPS) is 19.1. The minimum Gasteiger partial charge on any atom is -0.388 e. The summed E-state index contributed by atoms with van der Waals surface area (Å²) in [7, 11) is 0. The Morgan fingerprint density at radius 1 is 1.43 bits per heavy atom. The second-order valence-corrected chi connectivity index (χ2v) is 4.63. The van der Waals surface area contributed by atoms with Gasteiger partial charge < -0.3 is 5.11 Å². The van der Waals surface area contributed by atoms with Gasteiger partial charge in [0.25, 0.3) is 0 Å². The predicted octanol–water partition coefficient (Wildman–Crippen LogP) is 3.42. The average Bonchev–Trinajstić information content (AvgIpc) is 2.00. The highest BCUT2D eigenvalue weighted by molar-refractivity contribution is 9.10. The summed E-state index contributed by atoms with van der Waals surface area (Å²) < 4.78 is 14.1. The molecule has 14 heavy (non-hydrogen) atoms. The Labute approximate surface area is 91.1 Å². The first kappa shape index (κ1) is 10.1. The second kappa shape index (κ2) is 3.99. The summed E-state index contributed by atoms with van der Waals surface area (Å²) in [5, 5.41) is 9.93. The minimum absolute atomic E-state index is 0.239. The van der Waals surface area contributed by atoms with Gasteiger partial charge in [-0.3, -0.25) is 0 Å². The van der Waals surface area contributed by atoms with Gasteiger partial charge in [0.1, 0.15) is 5.82 Å². The van der Waals surface area contributed by atoms with E-state index in [9.17, 15) is 9.50 Å². The first-order valence-corrected chi connectivity index (χ1v) is 5.61. The highest BCUT2D eigenvalue weighted by Crippen LogP contribution is 2.40. The molecule has 1 aliphatic rings. The van der Waals surface area contributed by atoms with Crippen molar-refractivity contribution < 1.29 is 9.50 Å². The fraction of sp³-hybridized carbons (Fsp3) is 0.455. The molecular formula is C11H12BrFO. The molecule has 3 heteroatoms. The Hall–Kier alpha value is -0.410. The molecule has 0 amide bonds. The van der Waals surface area contributed by atoms with E-state index in [1.165, 1.54) is 6.07 Å². The Morgan fingerprint density at radius 3 is 2.64 bits per heavy atom. The molecule has 1 fully saturated rings. The molecular weight excluding hydrogens is 247 g/mol. The number of aliphatic hydroxyl groups excluding tert-OH is 1. The summed E-state index contributed by atoms with van der Waals surface area (Å²) in [5.74, 6) is -0.0815. The zero-order valence-electron chi connectivity index (χ0n) is 7.71. The lowest BCUT2D eigenvalue weighted by Gasteiger charge is -2.31. The highest BCUT2D eigenvalue weighted by Gasteiger charge is 2.29. The van der Waals surface area contributed by atoms with Crippen molar-refractivity contribution >= 4 is 15.9 Å². The fourth-order valence-electron chi connectivity index (χ4n) is 1.78. The summed E-state index contributed by atoms with van der Waals surface area (Å²) in [6, 6.07) is 4.79. The van der Waals surface area contributed by atoms with Gasteiger partial charge in [-0.1, -0.05) is 28.4 Å². The standard InChI is InChI=1S/C11H12BrFO/c12-8-5-2-6-9(13)10(8)11(14)7-3-1-4-7/h2,5-7,11,14H,1,3-4H2. The molecule has 76 valence electrons. The molecule has 0 bridgehead atoms. The average molecular weight is 259 g/mol. The first-order valence-electron chi connectivity index (χ1n) is 4.82. The van der Waals surface area contributed by atoms with Crippen LogP contribution in [0, 0.1) is 11.7 Å². The molecule has 1 aromatic rings. The van der Waals surface area contributed by atoms with Crippen LogP contribution in [0.4, 0.5) is 4.39 Å². The van der Waals surface area contributed by atoms with Gasteiger partial charge in [0.05, 0.1) is 6.10 Å². The van der Waals surface area contributed by atoms with E-state index in [0.717, 1.165) is 19.3 Å². The van der Waals surface area contributed by atoms with E-state index in [1.54, 1.807) is 12.1 Å². The lowest BCUT2D eigenvalue weighted by Crippen LogP contribution is -2.21. The van der Waals surface area contributed by atoms with Crippen LogP contribution < -0.4 is 0 Å². The first-order chi connectivity index (χ1) is 6.70. The Morgan fingerprint density at radius 2 is 2.14 bits per heavy atom. The van der Waals surface area contributed by atoms with Crippen LogP contribution in [0.1, 0.15) is 30.9 Å². The summed E-state index contributed by atoms with van der Waals surface area (Å²) in [4.78, 5) is 0. The van der Waals surface area contributed by atoms with Crippen molar-refractivity contribution in [1.29, 1.82) is 0 Å². The third kappa shape index (κ3) is 1.71. The molecule has 1 saturated carbocycles. The number of aliphatic hydroxyl groups is 1. The molecule has 1 aromatic carbocycles. The minimum atomic E-state index is -0.653. The van der Waals surface area contributed by atoms with Crippen LogP contribution in [0.25, 0.3) is 0 Å². The van der Waals surface area contributed by atoms with Crippen LogP contribution in [0.15, 0.2) is 22.7 Å². The molecule has 1 atom stereocenters. The summed E-state index contributed by atoms with van der Waals surface area (Å²) in [6.07, 6.45) is 2.50. The van der Waals surface area contributed by atoms with Crippen LogP contribution in [0.5, 0.6) is 0 Å². The molecule has 2 rings (SSSR count). The highest BCUT2D eigenvalue weighted by atomic mass is 79.9. The SMILES string of the molecule is OC(c1c(F)cccc1Br)C1CCC1. The van der Waals surface area contributed by atoms with Crippen molar-refractivity contribution in [3.8, 4) is 0 Å². The van der Waals surface area contributed by atoms with E-state index in [4.69, 9.17) is 0 Å². The fourth-order valence-corrected chi connectivity index (χ4v) is 2.36. The monoisotopic (exact) mass is 258 g/mol. The summed E-state index contributed by atoms with van der Waals surface area (Å²) in [6.45, 7) is 0. The number of halogens is 2. The van der Waals surface area contributed by atoms with Crippen LogP contribution in [-0.2, 0) is 0 Å². The molecule has 0 radical (unpaired) electrons. The largest absolute Gasteiger partial charge is 0.388 e. The van der Waals surface area contributed by atoms with Gasteiger partial charge in [-0.25, -0.2) is 4.39 Å². The maximum atomic E-state index is 13.4. The van der Waals surface area contributed by atoms with Crippen molar-refractivity contribution in [1.82, 2.24) is 0 Å². The van der Waals surface area contributed by atoms with E-state index < -0.39 is 6.10 Å². The van der Waals surface area contributed by atoms with Gasteiger partial charge in [0, 0.05) is 10.0 Å². The topological polar surface area (TPSA) is 20.2 Å². The van der Waals surface area contributed by atoms with Crippen LogP contribution >= 0.6 is 15.9 Å². The zero-order chi connectivity index (χ0) is 10.1. The number of hydrogen-bond acceptors (Lipinski definition) is 1. The van der Waals surface area contributed by atoms with Crippen molar-refractivity contribution in [2.75, 3.05) is 0 Å². The van der Waals surface area contributed by atoms with Crippen molar-refractivity contribution in [2.24, 2.45) is 5.92 Å². The van der Waals surface area contributed by atoms with Crippen molar-refractivity contribution in [3.05, 3.63) is 34.1 Å². The molecule has 0 aromatic heterocycles. The number of rotatable bonds is 2. The van der Waals surface area contributed by atoms with Gasteiger partial charge in [-0.2, -0.15) is 0 Å². The Balaban J connectivity index is 2.29. The summed E-state index contributed by atoms with van der Waals surface area (Å²) in [5.41, 5.74) is 0.414. The van der Waals surface area contributed by atoms with Crippen LogP contribution in [-0.4, -0.2) is 5.11 Å². The lowest BCUT2D eigenvalue weighted by atomic mass is 9.79.